The molecule has 0 radical (unpaired) electrons. The summed E-state index contributed by atoms with van der Waals surface area (Å²) in [4.78, 5) is 18.7. The number of alkyl halides is 3. The van der Waals surface area contributed by atoms with E-state index in [9.17, 15) is 18.0 Å². The van der Waals surface area contributed by atoms with Gasteiger partial charge >= 0.3 is 6.18 Å². The van der Waals surface area contributed by atoms with E-state index in [-0.39, 0.29) is 5.91 Å². The Bertz CT molecular complexity index is 1230. The number of hydrogen-bond donors (Lipinski definition) is 0. The van der Waals surface area contributed by atoms with Crippen molar-refractivity contribution >= 4 is 17.2 Å². The lowest BCUT2D eigenvalue weighted by Gasteiger charge is -2.37. The summed E-state index contributed by atoms with van der Waals surface area (Å²) in [5.74, 6) is 0.0624. The molecule has 36 heavy (non-hydrogen) atoms. The predicted molar refractivity (Wildman–Crippen MR) is 133 cm³/mol. The summed E-state index contributed by atoms with van der Waals surface area (Å²) in [5.41, 5.74) is 3.23. The number of aromatic nitrogens is 2. The van der Waals surface area contributed by atoms with Crippen LogP contribution in [0.1, 0.15) is 17.5 Å². The lowest BCUT2D eigenvalue weighted by molar-refractivity contribution is -0.137. The van der Waals surface area contributed by atoms with E-state index in [1.165, 1.54) is 17.7 Å². The molecule has 0 aliphatic carbocycles. The lowest BCUT2D eigenvalue weighted by atomic mass is 10.0. The second-order valence-corrected chi connectivity index (χ2v) is 9.14. The second kappa shape index (κ2) is 10.2. The summed E-state index contributed by atoms with van der Waals surface area (Å²) in [6.07, 6.45) is 2.56. The summed E-state index contributed by atoms with van der Waals surface area (Å²) in [6.45, 7) is 3.87. The Morgan fingerprint density at radius 1 is 0.917 bits per heavy atom. The molecule has 6 nitrogen and oxygen atoms in total. The van der Waals surface area contributed by atoms with Gasteiger partial charge in [0.2, 0.25) is 5.91 Å². The first-order valence-corrected chi connectivity index (χ1v) is 12.1. The zero-order valence-corrected chi connectivity index (χ0v) is 19.9. The molecule has 2 aliphatic heterocycles. The summed E-state index contributed by atoms with van der Waals surface area (Å²) in [6, 6.07) is 15.3. The Morgan fingerprint density at radius 2 is 1.67 bits per heavy atom. The fourth-order valence-corrected chi connectivity index (χ4v) is 4.71. The molecule has 0 atom stereocenters. The molecule has 0 bridgehead atoms. The second-order valence-electron chi connectivity index (χ2n) is 9.14. The van der Waals surface area contributed by atoms with Crippen LogP contribution in [0.4, 0.5) is 18.9 Å². The van der Waals surface area contributed by atoms with Crippen LogP contribution in [0.2, 0.25) is 0 Å². The van der Waals surface area contributed by atoms with Gasteiger partial charge < -0.3 is 9.80 Å². The average Bonchev–Trinajstić information content (AvgIpc) is 3.40. The minimum Gasteiger partial charge on any atom is -0.368 e. The molecule has 1 aromatic heterocycles. The Morgan fingerprint density at radius 3 is 2.36 bits per heavy atom. The molecule has 1 fully saturated rings. The molecule has 0 N–H and O–H groups in total. The maximum atomic E-state index is 13.0. The van der Waals surface area contributed by atoms with Gasteiger partial charge in [-0.05, 0) is 42.3 Å². The monoisotopic (exact) mass is 495 g/mol. The van der Waals surface area contributed by atoms with E-state index in [0.717, 1.165) is 30.3 Å². The van der Waals surface area contributed by atoms with Gasteiger partial charge in [-0.15, -0.1) is 0 Å². The van der Waals surface area contributed by atoms with E-state index in [1.54, 1.807) is 6.07 Å². The first-order valence-electron chi connectivity index (χ1n) is 12.1. The molecule has 3 heterocycles. The number of benzene rings is 2. The number of carbonyl (C=O) groups is 1. The number of amides is 1. The Hall–Kier alpha value is -3.59. The lowest BCUT2D eigenvalue weighted by Crippen LogP contribution is -2.51. The van der Waals surface area contributed by atoms with E-state index in [1.807, 2.05) is 57.2 Å². The maximum Gasteiger partial charge on any atom is 0.416 e. The summed E-state index contributed by atoms with van der Waals surface area (Å²) >= 11 is 0. The molecule has 0 unspecified atom stereocenters. The molecule has 0 spiro atoms. The van der Waals surface area contributed by atoms with Crippen molar-refractivity contribution in [3.8, 4) is 5.69 Å². The SMILES string of the molecule is O=C(CN1CC=C(c2cnn(-c3ccccc3)c2)CC1)N1CCN(c2cccc(C(F)(F)F)c2)CC1. The molecule has 9 heteroatoms. The van der Waals surface area contributed by atoms with Gasteiger partial charge in [-0.25, -0.2) is 4.68 Å². The molecule has 2 aromatic carbocycles. The van der Waals surface area contributed by atoms with Crippen LogP contribution in [0.25, 0.3) is 11.3 Å². The van der Waals surface area contributed by atoms with Crippen LogP contribution in [-0.2, 0) is 11.0 Å². The van der Waals surface area contributed by atoms with Gasteiger partial charge in [0.05, 0.1) is 24.0 Å². The van der Waals surface area contributed by atoms with Crippen molar-refractivity contribution in [3.63, 3.8) is 0 Å². The number of para-hydroxylation sites is 1. The Labute approximate surface area is 208 Å². The highest BCUT2D eigenvalue weighted by molar-refractivity contribution is 5.79. The topological polar surface area (TPSA) is 44.6 Å². The van der Waals surface area contributed by atoms with Crippen LogP contribution >= 0.6 is 0 Å². The largest absolute Gasteiger partial charge is 0.416 e. The number of halogens is 3. The minimum absolute atomic E-state index is 0.0624. The number of anilines is 1. The highest BCUT2D eigenvalue weighted by Crippen LogP contribution is 2.32. The summed E-state index contributed by atoms with van der Waals surface area (Å²) in [7, 11) is 0. The van der Waals surface area contributed by atoms with Crippen LogP contribution < -0.4 is 4.90 Å². The van der Waals surface area contributed by atoms with Crippen molar-refractivity contribution in [2.45, 2.75) is 12.6 Å². The van der Waals surface area contributed by atoms with Crippen LogP contribution in [0.3, 0.4) is 0 Å². The molecule has 188 valence electrons. The molecule has 2 aliphatic rings. The van der Waals surface area contributed by atoms with Crippen molar-refractivity contribution in [1.29, 1.82) is 0 Å². The highest BCUT2D eigenvalue weighted by atomic mass is 19.4. The van der Waals surface area contributed by atoms with Gasteiger partial charge in [-0.2, -0.15) is 18.3 Å². The van der Waals surface area contributed by atoms with E-state index >= 15 is 0 Å². The standard InChI is InChI=1S/C27H28F3N5O/c28-27(29,30)23-5-4-8-25(17-23)33-13-15-34(16-14-33)26(36)20-32-11-9-21(10-12-32)22-18-31-35(19-22)24-6-2-1-3-7-24/h1-9,17-19H,10-16,20H2. The molecule has 5 rings (SSSR count). The maximum absolute atomic E-state index is 13.0. The third kappa shape index (κ3) is 5.46. The van der Waals surface area contributed by atoms with Crippen LogP contribution in [0, 0.1) is 0 Å². The highest BCUT2D eigenvalue weighted by Gasteiger charge is 2.31. The van der Waals surface area contributed by atoms with E-state index < -0.39 is 11.7 Å². The van der Waals surface area contributed by atoms with Crippen LogP contribution in [0.5, 0.6) is 0 Å². The van der Waals surface area contributed by atoms with Crippen molar-refractivity contribution in [2.75, 3.05) is 50.7 Å². The van der Waals surface area contributed by atoms with Crippen molar-refractivity contribution in [1.82, 2.24) is 19.6 Å². The van der Waals surface area contributed by atoms with Gasteiger partial charge in [-0.1, -0.05) is 30.3 Å². The normalized spacial score (nSPS) is 17.2. The number of piperazine rings is 1. The number of carbonyl (C=O) groups excluding carboxylic acids is 1. The third-order valence-electron chi connectivity index (χ3n) is 6.80. The van der Waals surface area contributed by atoms with Crippen LogP contribution in [0.15, 0.2) is 73.1 Å². The molecule has 1 amide bonds. The minimum atomic E-state index is -4.36. The van der Waals surface area contributed by atoms with Gasteiger partial charge in [0.1, 0.15) is 0 Å². The first-order chi connectivity index (χ1) is 17.4. The molecular formula is C27H28F3N5O. The fraction of sp³-hybridized carbons (Fsp3) is 0.333. The van der Waals surface area contributed by atoms with Gasteiger partial charge in [0.25, 0.3) is 0 Å². The molecular weight excluding hydrogens is 467 g/mol. The quantitative estimate of drug-likeness (QED) is 0.529. The van der Waals surface area contributed by atoms with Gasteiger partial charge in [0, 0.05) is 56.7 Å². The summed E-state index contributed by atoms with van der Waals surface area (Å²) < 4.78 is 41.0. The van der Waals surface area contributed by atoms with E-state index in [0.29, 0.717) is 45.0 Å². The van der Waals surface area contributed by atoms with Crippen molar-refractivity contribution in [3.05, 3.63) is 84.2 Å². The zero-order valence-electron chi connectivity index (χ0n) is 19.9. The molecule has 0 saturated carbocycles. The first kappa shape index (κ1) is 24.1. The fourth-order valence-electron chi connectivity index (χ4n) is 4.71. The third-order valence-corrected chi connectivity index (χ3v) is 6.80. The van der Waals surface area contributed by atoms with Gasteiger partial charge in [0.15, 0.2) is 0 Å². The number of nitrogens with zero attached hydrogens (tertiary/aromatic N) is 5. The number of hydrogen-bond acceptors (Lipinski definition) is 4. The van der Waals surface area contributed by atoms with Crippen LogP contribution in [-0.4, -0.2) is 71.3 Å². The Balaban J connectivity index is 1.12. The average molecular weight is 496 g/mol. The zero-order chi connectivity index (χ0) is 25.1. The van der Waals surface area contributed by atoms with Gasteiger partial charge in [-0.3, -0.25) is 9.69 Å². The summed E-state index contributed by atoms with van der Waals surface area (Å²) in [5, 5.41) is 4.48. The number of rotatable bonds is 5. The van der Waals surface area contributed by atoms with Crippen molar-refractivity contribution in [2.24, 2.45) is 0 Å². The predicted octanol–water partition coefficient (Wildman–Crippen LogP) is 4.33. The smallest absolute Gasteiger partial charge is 0.368 e. The van der Waals surface area contributed by atoms with E-state index in [4.69, 9.17) is 0 Å². The van der Waals surface area contributed by atoms with E-state index in [2.05, 4.69) is 16.1 Å². The Kier molecular flexibility index (Phi) is 6.82. The molecule has 1 saturated heterocycles. The molecule has 3 aromatic rings. The van der Waals surface area contributed by atoms with Crippen molar-refractivity contribution < 1.29 is 18.0 Å².